The third kappa shape index (κ3) is 7.55. The molecule has 7 heterocycles. The van der Waals surface area contributed by atoms with Gasteiger partial charge in [0.25, 0.3) is 0 Å². The molecule has 0 aliphatic carbocycles. The van der Waals surface area contributed by atoms with Gasteiger partial charge >= 0.3 is 13.6 Å². The smallest absolute Gasteiger partial charge is 0.386 e. The second-order valence-corrected chi connectivity index (χ2v) is 17.7. The summed E-state index contributed by atoms with van der Waals surface area (Å²) < 4.78 is 57.9. The Kier molecular flexibility index (Phi) is 10.5. The standard InChI is InChI=1S/C27H37N9O10P2S2/c1-28-24-21-26(34-18(9-37)33-24)36(13-32-21)27-22(17(38)7-16(45-27)11-42-47(39,40)49)46-48(41,50)43-10-15-4-5-19(44-15)35-8-14-3-2-6-29-23-20(14)25(35)31-12-30-23/h8,12-13,15-17,19,22,27,37-38H,2-7,9-11H2,1H3,(H,41,50)(H,28,33,34)(H,29,30,31)(H2,39,40,49)/t15-,16-,17+,19+,22?,27+,48?/m0/s1. The number of imidazole rings is 1. The summed E-state index contributed by atoms with van der Waals surface area (Å²) in [5.41, 5.74) is 2.43. The van der Waals surface area contributed by atoms with Gasteiger partial charge in [0, 0.05) is 26.2 Å². The number of ether oxygens (including phenoxy) is 2. The molecule has 2 saturated heterocycles. The van der Waals surface area contributed by atoms with E-state index in [0.717, 1.165) is 41.8 Å². The van der Waals surface area contributed by atoms with Crippen LogP contribution in [0.5, 0.6) is 0 Å². The first-order valence-electron chi connectivity index (χ1n) is 15.9. The Morgan fingerprint density at radius 1 is 1.08 bits per heavy atom. The minimum absolute atomic E-state index is 0.0728. The molecule has 5 N–H and O–H groups in total. The van der Waals surface area contributed by atoms with Crippen LogP contribution in [0, 0.1) is 0 Å². The lowest BCUT2D eigenvalue weighted by Gasteiger charge is -2.40. The fraction of sp³-hybridized carbons (Fsp3) is 0.593. The topological polar surface area (TPSA) is 239 Å². The number of hydrogen-bond donors (Lipinski definition) is 7. The second kappa shape index (κ2) is 14.6. The first-order valence-corrected chi connectivity index (χ1v) is 21.3. The van der Waals surface area contributed by atoms with Crippen LogP contribution in [0.3, 0.4) is 0 Å². The average molecular weight is 774 g/mol. The molecule has 8 atom stereocenters. The quantitative estimate of drug-likeness (QED) is 0.0809. The fourth-order valence-corrected chi connectivity index (χ4v) is 8.57. The third-order valence-electron chi connectivity index (χ3n) is 8.72. The lowest BCUT2D eigenvalue weighted by Crippen LogP contribution is -2.47. The number of aliphatic hydroxyl groups excluding tert-OH is 2. The van der Waals surface area contributed by atoms with Gasteiger partial charge in [0.2, 0.25) is 0 Å². The summed E-state index contributed by atoms with van der Waals surface area (Å²) >= 11 is 7.78. The van der Waals surface area contributed by atoms with Gasteiger partial charge < -0.3 is 39.8 Å². The Morgan fingerprint density at radius 3 is 2.68 bits per heavy atom. The zero-order chi connectivity index (χ0) is 35.2. The van der Waals surface area contributed by atoms with Crippen molar-refractivity contribution in [2.45, 2.75) is 75.6 Å². The molecule has 3 unspecified atom stereocenters. The number of aliphatic hydroxyl groups is 2. The number of nitrogens with one attached hydrogen (secondary N) is 2. The number of hydrogen-bond acceptors (Lipinski definition) is 16. The lowest BCUT2D eigenvalue weighted by atomic mass is 10.0. The highest BCUT2D eigenvalue weighted by molar-refractivity contribution is 8.44. The Bertz CT molecular complexity index is 1960. The number of aryl methyl sites for hydroxylation is 1. The normalized spacial score (nSPS) is 27.9. The van der Waals surface area contributed by atoms with Gasteiger partial charge in [-0.15, -0.1) is 0 Å². The SMILES string of the molecule is CNc1nc(CO)nc2c1ncn2[C@@H]1O[C@H](COP(=O)(O)S)C[C@@H](O)C1OP(=O)(S)OC[C@@H]1CC[C@H](n2cc3c4c(ncnc42)NCCC3)O1. The highest BCUT2D eigenvalue weighted by atomic mass is 32.7. The number of nitrogens with zero attached hydrogens (tertiary/aromatic N) is 7. The lowest BCUT2D eigenvalue weighted by molar-refractivity contribution is -0.195. The molecule has 0 bridgehead atoms. The Hall–Kier alpha value is -2.39. The van der Waals surface area contributed by atoms with Crippen LogP contribution in [0.4, 0.5) is 11.6 Å². The van der Waals surface area contributed by atoms with Crippen LogP contribution < -0.4 is 10.6 Å². The van der Waals surface area contributed by atoms with Gasteiger partial charge in [-0.3, -0.25) is 18.1 Å². The van der Waals surface area contributed by atoms with Crippen LogP contribution in [0.15, 0.2) is 18.9 Å². The van der Waals surface area contributed by atoms with Crippen LogP contribution in [0.2, 0.25) is 0 Å². The molecule has 4 aromatic rings. The summed E-state index contributed by atoms with van der Waals surface area (Å²) in [6, 6.07) is 0. The Balaban J connectivity index is 1.08. The van der Waals surface area contributed by atoms with Crippen LogP contribution in [0.1, 0.15) is 49.5 Å². The fourth-order valence-electron chi connectivity index (χ4n) is 6.52. The van der Waals surface area contributed by atoms with E-state index in [4.69, 9.17) is 23.0 Å². The molecule has 0 aromatic carbocycles. The molecule has 0 spiro atoms. The molecule has 272 valence electrons. The van der Waals surface area contributed by atoms with Crippen molar-refractivity contribution in [3.05, 3.63) is 30.2 Å². The van der Waals surface area contributed by atoms with Crippen molar-refractivity contribution in [2.24, 2.45) is 0 Å². The third-order valence-corrected chi connectivity index (χ3v) is 11.2. The molecule has 23 heteroatoms. The molecular weight excluding hydrogens is 736 g/mol. The maximum Gasteiger partial charge on any atom is 0.386 e. The first kappa shape index (κ1) is 36.0. The van der Waals surface area contributed by atoms with Gasteiger partial charge in [-0.25, -0.2) is 34.0 Å². The van der Waals surface area contributed by atoms with Gasteiger partial charge in [0.15, 0.2) is 29.0 Å². The number of aromatic nitrogens is 7. The zero-order valence-electron chi connectivity index (χ0n) is 26.7. The van der Waals surface area contributed by atoms with E-state index < -0.39 is 57.5 Å². The van der Waals surface area contributed by atoms with Crippen LogP contribution >= 0.6 is 38.1 Å². The van der Waals surface area contributed by atoms with E-state index in [9.17, 15) is 24.2 Å². The molecule has 3 aliphatic rings. The van der Waals surface area contributed by atoms with Crippen molar-refractivity contribution < 1.29 is 47.3 Å². The van der Waals surface area contributed by atoms with Crippen molar-refractivity contribution in [1.29, 1.82) is 0 Å². The molecule has 0 amide bonds. The summed E-state index contributed by atoms with van der Waals surface area (Å²) in [5.74, 6) is 1.20. The van der Waals surface area contributed by atoms with Crippen molar-refractivity contribution in [3.63, 3.8) is 0 Å². The molecule has 4 aromatic heterocycles. The summed E-state index contributed by atoms with van der Waals surface area (Å²) in [6.07, 6.45) is 2.28. The number of anilines is 2. The number of fused-ring (bicyclic) bond motifs is 1. The second-order valence-electron chi connectivity index (χ2n) is 12.1. The van der Waals surface area contributed by atoms with Crippen LogP contribution in [-0.2, 0) is 45.2 Å². The van der Waals surface area contributed by atoms with E-state index >= 15 is 0 Å². The molecule has 3 aliphatic heterocycles. The molecule has 7 rings (SSSR count). The van der Waals surface area contributed by atoms with E-state index in [1.54, 1.807) is 7.05 Å². The van der Waals surface area contributed by atoms with Gasteiger partial charge in [-0.1, -0.05) is 24.5 Å². The van der Waals surface area contributed by atoms with Crippen LogP contribution in [0.25, 0.3) is 22.2 Å². The molecule has 19 nitrogen and oxygen atoms in total. The summed E-state index contributed by atoms with van der Waals surface area (Å²) in [4.78, 5) is 31.4. The van der Waals surface area contributed by atoms with Gasteiger partial charge in [0.05, 0.1) is 43.2 Å². The molecule has 0 radical (unpaired) electrons. The van der Waals surface area contributed by atoms with Gasteiger partial charge in [0.1, 0.15) is 36.7 Å². The summed E-state index contributed by atoms with van der Waals surface area (Å²) in [7, 11) is 1.62. The maximum atomic E-state index is 13.7. The largest absolute Gasteiger partial charge is 0.390 e. The Morgan fingerprint density at radius 2 is 1.90 bits per heavy atom. The van der Waals surface area contributed by atoms with E-state index in [1.807, 2.05) is 4.57 Å². The summed E-state index contributed by atoms with van der Waals surface area (Å²) in [5, 5.41) is 28.3. The molecule has 50 heavy (non-hydrogen) atoms. The predicted octanol–water partition coefficient (Wildman–Crippen LogP) is 2.98. The number of rotatable bonds is 12. The Labute approximate surface area is 295 Å². The highest BCUT2D eigenvalue weighted by Crippen LogP contribution is 2.57. The first-order chi connectivity index (χ1) is 23.9. The van der Waals surface area contributed by atoms with E-state index in [0.29, 0.717) is 24.2 Å². The average Bonchev–Trinajstić information content (AvgIpc) is 3.79. The van der Waals surface area contributed by atoms with E-state index in [1.165, 1.54) is 17.2 Å². The molecular formula is C27H37N9O10P2S2. The van der Waals surface area contributed by atoms with Gasteiger partial charge in [-0.2, -0.15) is 0 Å². The van der Waals surface area contributed by atoms with E-state index in [-0.39, 0.29) is 30.7 Å². The molecule has 2 fully saturated rings. The van der Waals surface area contributed by atoms with Gasteiger partial charge in [-0.05, 0) is 31.2 Å². The highest BCUT2D eigenvalue weighted by Gasteiger charge is 2.45. The molecule has 0 saturated carbocycles. The zero-order valence-corrected chi connectivity index (χ0v) is 30.3. The predicted molar refractivity (Wildman–Crippen MR) is 185 cm³/mol. The minimum Gasteiger partial charge on any atom is -0.390 e. The maximum absolute atomic E-state index is 13.7. The monoisotopic (exact) mass is 773 g/mol. The summed E-state index contributed by atoms with van der Waals surface area (Å²) in [6.45, 7) is -8.52. The van der Waals surface area contributed by atoms with Crippen LogP contribution in [-0.4, -0.2) is 100 Å². The van der Waals surface area contributed by atoms with Crippen molar-refractivity contribution in [1.82, 2.24) is 34.1 Å². The van der Waals surface area contributed by atoms with Crippen molar-refractivity contribution in [2.75, 3.05) is 37.4 Å². The number of thiol groups is 2. The van der Waals surface area contributed by atoms with Crippen molar-refractivity contribution in [3.8, 4) is 0 Å². The minimum atomic E-state index is -4.19. The van der Waals surface area contributed by atoms with Crippen molar-refractivity contribution >= 4 is 71.9 Å². The van der Waals surface area contributed by atoms with E-state index in [2.05, 4.69) is 66.2 Å².